The Balaban J connectivity index is 1.45. The molecule has 0 radical (unpaired) electrons. The SMILES string of the molecule is COc1ccc(CN(Cc2nc(C(=O)NCCN3CCOCC3)co2)[C@@H](C)c2ccccc2)c(OC)c1. The van der Waals surface area contributed by atoms with Crippen molar-refractivity contribution in [2.75, 3.05) is 53.6 Å². The molecule has 1 N–H and O–H groups in total. The van der Waals surface area contributed by atoms with Gasteiger partial charge in [0.05, 0.1) is 34.0 Å². The van der Waals surface area contributed by atoms with Gasteiger partial charge in [-0.15, -0.1) is 0 Å². The lowest BCUT2D eigenvalue weighted by atomic mass is 10.1. The van der Waals surface area contributed by atoms with Gasteiger partial charge >= 0.3 is 0 Å². The highest BCUT2D eigenvalue weighted by molar-refractivity contribution is 5.91. The van der Waals surface area contributed by atoms with E-state index in [2.05, 4.69) is 39.2 Å². The Morgan fingerprint density at radius 1 is 1.11 bits per heavy atom. The van der Waals surface area contributed by atoms with Crippen LogP contribution in [0.15, 0.2) is 59.2 Å². The number of benzene rings is 2. The second-order valence-corrected chi connectivity index (χ2v) is 9.01. The molecule has 1 aliphatic heterocycles. The first-order chi connectivity index (χ1) is 18.1. The van der Waals surface area contributed by atoms with E-state index < -0.39 is 0 Å². The molecular formula is C28H36N4O5. The number of oxazole rings is 1. The minimum atomic E-state index is -0.234. The third-order valence-electron chi connectivity index (χ3n) is 6.64. The lowest BCUT2D eigenvalue weighted by molar-refractivity contribution is 0.0383. The summed E-state index contributed by atoms with van der Waals surface area (Å²) in [6, 6.07) is 16.1. The molecule has 1 aromatic heterocycles. The van der Waals surface area contributed by atoms with E-state index in [1.54, 1.807) is 14.2 Å². The van der Waals surface area contributed by atoms with Crippen molar-refractivity contribution in [3.05, 3.63) is 77.5 Å². The first kappa shape index (κ1) is 26.7. The largest absolute Gasteiger partial charge is 0.497 e. The molecule has 198 valence electrons. The molecule has 0 unspecified atom stereocenters. The van der Waals surface area contributed by atoms with Crippen LogP contribution in [0.1, 0.15) is 40.5 Å². The molecule has 1 saturated heterocycles. The van der Waals surface area contributed by atoms with Crippen molar-refractivity contribution in [3.63, 3.8) is 0 Å². The van der Waals surface area contributed by atoms with Crippen LogP contribution in [0, 0.1) is 0 Å². The van der Waals surface area contributed by atoms with E-state index in [9.17, 15) is 4.79 Å². The molecule has 4 rings (SSSR count). The molecule has 3 aromatic rings. The van der Waals surface area contributed by atoms with Crippen LogP contribution in [-0.2, 0) is 17.8 Å². The van der Waals surface area contributed by atoms with Crippen molar-refractivity contribution in [1.29, 1.82) is 0 Å². The number of hydrogen-bond acceptors (Lipinski definition) is 8. The van der Waals surface area contributed by atoms with Crippen LogP contribution in [0.3, 0.4) is 0 Å². The molecule has 1 atom stereocenters. The first-order valence-electron chi connectivity index (χ1n) is 12.6. The number of morpholine rings is 1. The average molecular weight is 509 g/mol. The van der Waals surface area contributed by atoms with Crippen LogP contribution in [0.5, 0.6) is 11.5 Å². The van der Waals surface area contributed by atoms with E-state index in [4.69, 9.17) is 18.6 Å². The van der Waals surface area contributed by atoms with Crippen LogP contribution < -0.4 is 14.8 Å². The van der Waals surface area contributed by atoms with Gasteiger partial charge in [-0.25, -0.2) is 4.98 Å². The van der Waals surface area contributed by atoms with Crippen molar-refractivity contribution in [2.45, 2.75) is 26.1 Å². The predicted molar refractivity (Wildman–Crippen MR) is 140 cm³/mol. The maximum Gasteiger partial charge on any atom is 0.273 e. The predicted octanol–water partition coefficient (Wildman–Crippen LogP) is 3.52. The highest BCUT2D eigenvalue weighted by atomic mass is 16.5. The summed E-state index contributed by atoms with van der Waals surface area (Å²) < 4.78 is 22.1. The molecule has 0 aliphatic carbocycles. The molecule has 2 aromatic carbocycles. The summed E-state index contributed by atoms with van der Waals surface area (Å²) in [7, 11) is 3.29. The molecule has 0 saturated carbocycles. The van der Waals surface area contributed by atoms with Gasteiger partial charge in [-0.05, 0) is 18.6 Å². The van der Waals surface area contributed by atoms with Gasteiger partial charge in [-0.1, -0.05) is 36.4 Å². The Labute approximate surface area is 218 Å². The number of nitrogens with one attached hydrogen (secondary N) is 1. The number of hydrogen-bond donors (Lipinski definition) is 1. The van der Waals surface area contributed by atoms with Crippen molar-refractivity contribution < 1.29 is 23.4 Å². The topological polar surface area (TPSA) is 89.3 Å². The number of carbonyl (C=O) groups is 1. The second kappa shape index (κ2) is 13.2. The van der Waals surface area contributed by atoms with E-state index >= 15 is 0 Å². The molecule has 1 aliphatic rings. The molecule has 0 spiro atoms. The zero-order valence-corrected chi connectivity index (χ0v) is 21.8. The number of rotatable bonds is 12. The fourth-order valence-corrected chi connectivity index (χ4v) is 4.38. The number of carbonyl (C=O) groups excluding carboxylic acids is 1. The van der Waals surface area contributed by atoms with E-state index in [-0.39, 0.29) is 17.6 Å². The highest BCUT2D eigenvalue weighted by Crippen LogP contribution is 2.30. The lowest BCUT2D eigenvalue weighted by Gasteiger charge is -2.29. The fraction of sp³-hybridized carbons (Fsp3) is 0.429. The number of methoxy groups -OCH3 is 2. The van der Waals surface area contributed by atoms with Crippen LogP contribution in [0.4, 0.5) is 0 Å². The summed E-state index contributed by atoms with van der Waals surface area (Å²) in [6.07, 6.45) is 1.43. The van der Waals surface area contributed by atoms with Crippen LogP contribution in [0.25, 0.3) is 0 Å². The molecule has 9 heteroatoms. The number of ether oxygens (including phenoxy) is 3. The van der Waals surface area contributed by atoms with E-state index in [0.29, 0.717) is 25.5 Å². The van der Waals surface area contributed by atoms with Gasteiger partial charge in [-0.2, -0.15) is 0 Å². The van der Waals surface area contributed by atoms with Crippen molar-refractivity contribution in [3.8, 4) is 11.5 Å². The standard InChI is InChI=1S/C28H36N4O5/c1-21(22-7-5-4-6-8-22)32(18-23-9-10-24(34-2)17-26(23)35-3)19-27-30-25(20-37-27)28(33)29-11-12-31-13-15-36-16-14-31/h4-10,17,20-21H,11-16,18-19H2,1-3H3,(H,29,33)/t21-/m0/s1. The van der Waals surface area contributed by atoms with E-state index in [1.165, 1.54) is 11.8 Å². The number of aromatic nitrogens is 1. The summed E-state index contributed by atoms with van der Waals surface area (Å²) in [5.74, 6) is 1.73. The van der Waals surface area contributed by atoms with Gasteiger partial charge < -0.3 is 23.9 Å². The third kappa shape index (κ3) is 7.31. The molecule has 1 fully saturated rings. The smallest absolute Gasteiger partial charge is 0.273 e. The summed E-state index contributed by atoms with van der Waals surface area (Å²) in [5.41, 5.74) is 2.47. The minimum Gasteiger partial charge on any atom is -0.497 e. The van der Waals surface area contributed by atoms with Crippen molar-refractivity contribution >= 4 is 5.91 Å². The quantitative estimate of drug-likeness (QED) is 0.398. The maximum atomic E-state index is 12.7. The van der Waals surface area contributed by atoms with Crippen LogP contribution >= 0.6 is 0 Å². The molecule has 2 heterocycles. The Morgan fingerprint density at radius 3 is 2.62 bits per heavy atom. The molecule has 1 amide bonds. The van der Waals surface area contributed by atoms with Crippen LogP contribution in [-0.4, -0.2) is 74.3 Å². The normalized spacial score (nSPS) is 14.9. The van der Waals surface area contributed by atoms with Gasteiger partial charge in [-0.3, -0.25) is 14.6 Å². The zero-order valence-electron chi connectivity index (χ0n) is 21.8. The van der Waals surface area contributed by atoms with Gasteiger partial charge in [0.15, 0.2) is 5.69 Å². The van der Waals surface area contributed by atoms with Gasteiger partial charge in [0.1, 0.15) is 17.8 Å². The third-order valence-corrected chi connectivity index (χ3v) is 6.64. The monoisotopic (exact) mass is 508 g/mol. The Hall–Kier alpha value is -3.40. The maximum absolute atomic E-state index is 12.7. The lowest BCUT2D eigenvalue weighted by Crippen LogP contribution is -2.41. The van der Waals surface area contributed by atoms with E-state index in [0.717, 1.165) is 49.9 Å². The van der Waals surface area contributed by atoms with Gasteiger partial charge in [0, 0.05) is 50.4 Å². The first-order valence-corrected chi connectivity index (χ1v) is 12.6. The average Bonchev–Trinajstić information content (AvgIpc) is 3.42. The van der Waals surface area contributed by atoms with Crippen molar-refractivity contribution in [1.82, 2.24) is 20.1 Å². The van der Waals surface area contributed by atoms with E-state index in [1.807, 2.05) is 36.4 Å². The fourth-order valence-electron chi connectivity index (χ4n) is 4.38. The number of nitrogens with zero attached hydrogens (tertiary/aromatic N) is 3. The zero-order chi connectivity index (χ0) is 26.0. The second-order valence-electron chi connectivity index (χ2n) is 9.01. The van der Waals surface area contributed by atoms with Crippen molar-refractivity contribution in [2.24, 2.45) is 0 Å². The molecule has 9 nitrogen and oxygen atoms in total. The summed E-state index contributed by atoms with van der Waals surface area (Å²) >= 11 is 0. The summed E-state index contributed by atoms with van der Waals surface area (Å²) in [5, 5.41) is 2.94. The summed E-state index contributed by atoms with van der Waals surface area (Å²) in [6.45, 7) is 7.74. The molecular weight excluding hydrogens is 472 g/mol. The Bertz CT molecular complexity index is 1130. The minimum absolute atomic E-state index is 0.0608. The molecule has 0 bridgehead atoms. The Kier molecular flexibility index (Phi) is 9.53. The van der Waals surface area contributed by atoms with Gasteiger partial charge in [0.2, 0.25) is 5.89 Å². The number of amides is 1. The van der Waals surface area contributed by atoms with Crippen LogP contribution in [0.2, 0.25) is 0 Å². The Morgan fingerprint density at radius 2 is 1.89 bits per heavy atom. The highest BCUT2D eigenvalue weighted by Gasteiger charge is 2.22. The molecule has 37 heavy (non-hydrogen) atoms. The summed E-state index contributed by atoms with van der Waals surface area (Å²) in [4.78, 5) is 21.7. The van der Waals surface area contributed by atoms with Gasteiger partial charge in [0.25, 0.3) is 5.91 Å².